The van der Waals surface area contributed by atoms with Crippen LogP contribution in [-0.4, -0.2) is 30.4 Å². The summed E-state index contributed by atoms with van der Waals surface area (Å²) in [6.07, 6.45) is 7.53. The molecule has 19 heavy (non-hydrogen) atoms. The molecule has 3 atom stereocenters. The smallest absolute Gasteiger partial charge is 0.220 e. The molecule has 5 nitrogen and oxygen atoms in total. The van der Waals surface area contributed by atoms with Crippen molar-refractivity contribution >= 4 is 11.8 Å². The lowest BCUT2D eigenvalue weighted by Crippen LogP contribution is -2.38. The molecule has 1 saturated carbocycles. The van der Waals surface area contributed by atoms with Crippen LogP contribution in [0.15, 0.2) is 0 Å². The topological polar surface area (TPSA) is 84.2 Å². The fraction of sp³-hybridized carbons (Fsp3) is 0.857. The van der Waals surface area contributed by atoms with Gasteiger partial charge in [0.25, 0.3) is 0 Å². The van der Waals surface area contributed by atoms with E-state index < -0.39 is 0 Å². The molecule has 2 aliphatic rings. The molecule has 4 N–H and O–H groups in total. The van der Waals surface area contributed by atoms with Crippen LogP contribution in [0.3, 0.4) is 0 Å². The third-order valence-electron chi connectivity index (χ3n) is 4.23. The first-order chi connectivity index (χ1) is 9.13. The zero-order valence-corrected chi connectivity index (χ0v) is 11.5. The fourth-order valence-corrected chi connectivity index (χ4v) is 3.09. The summed E-state index contributed by atoms with van der Waals surface area (Å²) in [5, 5.41) is 5.76. The molecule has 2 rings (SSSR count). The van der Waals surface area contributed by atoms with Crippen molar-refractivity contribution in [2.24, 2.45) is 11.7 Å². The molecule has 5 heteroatoms. The van der Waals surface area contributed by atoms with E-state index in [1.54, 1.807) is 0 Å². The average Bonchev–Trinajstić information content (AvgIpc) is 2.80. The molecule has 108 valence electrons. The Morgan fingerprint density at radius 1 is 1.37 bits per heavy atom. The van der Waals surface area contributed by atoms with Crippen LogP contribution in [-0.2, 0) is 9.59 Å². The van der Waals surface area contributed by atoms with Gasteiger partial charge in [-0.1, -0.05) is 12.8 Å². The predicted octanol–water partition coefficient (Wildman–Crippen LogP) is 0.679. The third kappa shape index (κ3) is 4.82. The second-order valence-electron chi connectivity index (χ2n) is 5.94. The number of nitrogens with one attached hydrogen (secondary N) is 2. The Labute approximate surface area is 114 Å². The first kappa shape index (κ1) is 14.3. The molecule has 0 aromatic heterocycles. The molecule has 2 fully saturated rings. The lowest BCUT2D eigenvalue weighted by Gasteiger charge is -2.26. The SMILES string of the molecule is NC1CCCC(CCC(=O)NCC2CCC(=O)N2)C1. The summed E-state index contributed by atoms with van der Waals surface area (Å²) in [7, 11) is 0. The van der Waals surface area contributed by atoms with Gasteiger partial charge >= 0.3 is 0 Å². The lowest BCUT2D eigenvalue weighted by molar-refractivity contribution is -0.122. The van der Waals surface area contributed by atoms with Crippen molar-refractivity contribution < 1.29 is 9.59 Å². The van der Waals surface area contributed by atoms with Crippen molar-refractivity contribution in [3.05, 3.63) is 0 Å². The monoisotopic (exact) mass is 267 g/mol. The summed E-state index contributed by atoms with van der Waals surface area (Å²) >= 11 is 0. The fourth-order valence-electron chi connectivity index (χ4n) is 3.09. The van der Waals surface area contributed by atoms with Gasteiger partial charge in [0.2, 0.25) is 11.8 Å². The van der Waals surface area contributed by atoms with Crippen LogP contribution >= 0.6 is 0 Å². The maximum Gasteiger partial charge on any atom is 0.220 e. The van der Waals surface area contributed by atoms with Crippen LogP contribution < -0.4 is 16.4 Å². The van der Waals surface area contributed by atoms with Gasteiger partial charge in [-0.3, -0.25) is 9.59 Å². The summed E-state index contributed by atoms with van der Waals surface area (Å²) in [4.78, 5) is 22.8. The van der Waals surface area contributed by atoms with E-state index in [0.717, 1.165) is 25.7 Å². The number of carbonyl (C=O) groups is 2. The van der Waals surface area contributed by atoms with Gasteiger partial charge in [0.1, 0.15) is 0 Å². The number of carbonyl (C=O) groups excluding carboxylic acids is 2. The van der Waals surface area contributed by atoms with Gasteiger partial charge in [-0.2, -0.15) is 0 Å². The minimum absolute atomic E-state index is 0.0930. The van der Waals surface area contributed by atoms with Gasteiger partial charge in [0.15, 0.2) is 0 Å². The summed E-state index contributed by atoms with van der Waals surface area (Å²) in [6, 6.07) is 0.454. The largest absolute Gasteiger partial charge is 0.354 e. The second kappa shape index (κ2) is 6.89. The molecule has 0 spiro atoms. The third-order valence-corrected chi connectivity index (χ3v) is 4.23. The second-order valence-corrected chi connectivity index (χ2v) is 5.94. The normalized spacial score (nSPS) is 31.0. The summed E-state index contributed by atoms with van der Waals surface area (Å²) < 4.78 is 0. The first-order valence-corrected chi connectivity index (χ1v) is 7.45. The van der Waals surface area contributed by atoms with E-state index >= 15 is 0 Å². The van der Waals surface area contributed by atoms with Gasteiger partial charge in [-0.25, -0.2) is 0 Å². The van der Waals surface area contributed by atoms with Gasteiger partial charge in [0.05, 0.1) is 0 Å². The van der Waals surface area contributed by atoms with Crippen molar-refractivity contribution in [3.8, 4) is 0 Å². The molecule has 2 amide bonds. The molecule has 0 aromatic rings. The molecule has 1 aliphatic carbocycles. The summed E-state index contributed by atoms with van der Waals surface area (Å²) in [5.41, 5.74) is 5.95. The number of rotatable bonds is 5. The maximum absolute atomic E-state index is 11.8. The standard InChI is InChI=1S/C14H25N3O2/c15-11-3-1-2-10(8-11)4-6-13(18)16-9-12-5-7-14(19)17-12/h10-12H,1-9,15H2,(H,16,18)(H,17,19). The Kier molecular flexibility index (Phi) is 5.19. The predicted molar refractivity (Wildman–Crippen MR) is 73.3 cm³/mol. The van der Waals surface area contributed by atoms with Crippen molar-refractivity contribution in [2.75, 3.05) is 6.54 Å². The van der Waals surface area contributed by atoms with Crippen LogP contribution in [0.4, 0.5) is 0 Å². The van der Waals surface area contributed by atoms with E-state index in [0.29, 0.717) is 31.3 Å². The van der Waals surface area contributed by atoms with Gasteiger partial charge in [0, 0.05) is 31.5 Å². The molecule has 1 saturated heterocycles. The Bertz CT molecular complexity index is 333. The average molecular weight is 267 g/mol. The Morgan fingerprint density at radius 3 is 2.89 bits per heavy atom. The van der Waals surface area contributed by atoms with Crippen LogP contribution in [0.1, 0.15) is 51.4 Å². The zero-order chi connectivity index (χ0) is 13.7. The molecule has 1 aliphatic heterocycles. The van der Waals surface area contributed by atoms with E-state index in [2.05, 4.69) is 10.6 Å². The van der Waals surface area contributed by atoms with E-state index in [4.69, 9.17) is 5.73 Å². The maximum atomic E-state index is 11.8. The van der Waals surface area contributed by atoms with Crippen molar-refractivity contribution in [1.29, 1.82) is 0 Å². The Morgan fingerprint density at radius 2 is 2.21 bits per heavy atom. The molecule has 0 radical (unpaired) electrons. The lowest BCUT2D eigenvalue weighted by atomic mass is 9.83. The number of hydrogen-bond donors (Lipinski definition) is 3. The number of amides is 2. The van der Waals surface area contributed by atoms with Crippen LogP contribution in [0, 0.1) is 5.92 Å². The van der Waals surface area contributed by atoms with E-state index in [1.807, 2.05) is 0 Å². The van der Waals surface area contributed by atoms with E-state index in [9.17, 15) is 9.59 Å². The minimum Gasteiger partial charge on any atom is -0.354 e. The highest BCUT2D eigenvalue weighted by atomic mass is 16.2. The zero-order valence-electron chi connectivity index (χ0n) is 11.5. The molecular weight excluding hydrogens is 242 g/mol. The highest BCUT2D eigenvalue weighted by Crippen LogP contribution is 2.26. The van der Waals surface area contributed by atoms with Crippen LogP contribution in [0.5, 0.6) is 0 Å². The van der Waals surface area contributed by atoms with E-state index in [1.165, 1.54) is 12.8 Å². The van der Waals surface area contributed by atoms with Crippen molar-refractivity contribution in [2.45, 2.75) is 63.5 Å². The summed E-state index contributed by atoms with van der Waals surface area (Å²) in [5.74, 6) is 0.802. The number of hydrogen-bond acceptors (Lipinski definition) is 3. The van der Waals surface area contributed by atoms with Crippen LogP contribution in [0.2, 0.25) is 0 Å². The van der Waals surface area contributed by atoms with Crippen molar-refractivity contribution in [3.63, 3.8) is 0 Å². The van der Waals surface area contributed by atoms with Gasteiger partial charge in [-0.05, 0) is 31.6 Å². The Hall–Kier alpha value is -1.10. The first-order valence-electron chi connectivity index (χ1n) is 7.45. The van der Waals surface area contributed by atoms with Crippen LogP contribution in [0.25, 0.3) is 0 Å². The number of nitrogens with two attached hydrogens (primary N) is 1. The Balaban J connectivity index is 1.58. The van der Waals surface area contributed by atoms with E-state index in [-0.39, 0.29) is 17.9 Å². The molecule has 3 unspecified atom stereocenters. The quantitative estimate of drug-likeness (QED) is 0.685. The molecule has 0 bridgehead atoms. The van der Waals surface area contributed by atoms with Crippen molar-refractivity contribution in [1.82, 2.24) is 10.6 Å². The molecular formula is C14H25N3O2. The summed E-state index contributed by atoms with van der Waals surface area (Å²) in [6.45, 7) is 0.564. The van der Waals surface area contributed by atoms with Gasteiger partial charge in [-0.15, -0.1) is 0 Å². The van der Waals surface area contributed by atoms with Gasteiger partial charge < -0.3 is 16.4 Å². The molecule has 1 heterocycles. The highest BCUT2D eigenvalue weighted by Gasteiger charge is 2.22. The minimum atomic E-state index is 0.0930. The molecule has 0 aromatic carbocycles. The highest BCUT2D eigenvalue weighted by molar-refractivity contribution is 5.79.